The maximum atomic E-state index is 5.82. The molecule has 3 aromatic heterocycles. The van der Waals surface area contributed by atoms with Crippen molar-refractivity contribution in [2.75, 3.05) is 27.2 Å². The van der Waals surface area contributed by atoms with E-state index in [4.69, 9.17) is 12.2 Å². The van der Waals surface area contributed by atoms with Gasteiger partial charge in [0.1, 0.15) is 0 Å². The molecule has 1 aliphatic rings. The molecule has 0 unspecified atom stereocenters. The second-order valence-corrected chi connectivity index (χ2v) is 9.14. The summed E-state index contributed by atoms with van der Waals surface area (Å²) < 4.78 is 2.38. The van der Waals surface area contributed by atoms with E-state index in [1.807, 2.05) is 36.8 Å². The van der Waals surface area contributed by atoms with E-state index in [1.165, 1.54) is 22.5 Å². The highest BCUT2D eigenvalue weighted by atomic mass is 32.1. The first-order valence-corrected chi connectivity index (χ1v) is 11.5. The van der Waals surface area contributed by atoms with E-state index >= 15 is 0 Å². The quantitative estimate of drug-likeness (QED) is 0.528. The van der Waals surface area contributed by atoms with E-state index in [0.717, 1.165) is 36.9 Å². The number of rotatable bonds is 8. The van der Waals surface area contributed by atoms with E-state index in [-0.39, 0.29) is 12.1 Å². The summed E-state index contributed by atoms with van der Waals surface area (Å²) in [5.74, 6) is 0. The molecular formula is C25H32N6S. The smallest absolute Gasteiger partial charge is 0.170 e. The normalized spacial score (nSPS) is 18.4. The fraction of sp³-hybridized carbons (Fsp3) is 0.400. The van der Waals surface area contributed by atoms with Gasteiger partial charge in [0.2, 0.25) is 0 Å². The fourth-order valence-corrected chi connectivity index (χ4v) is 4.92. The summed E-state index contributed by atoms with van der Waals surface area (Å²) in [5, 5.41) is 4.38. The molecule has 6 nitrogen and oxygen atoms in total. The van der Waals surface area contributed by atoms with E-state index in [0.29, 0.717) is 0 Å². The second kappa shape index (κ2) is 9.79. The molecule has 1 fully saturated rings. The summed E-state index contributed by atoms with van der Waals surface area (Å²) in [6.07, 6.45) is 6.67. The van der Waals surface area contributed by atoms with Crippen molar-refractivity contribution in [3.05, 3.63) is 83.2 Å². The van der Waals surface area contributed by atoms with Crippen molar-refractivity contribution < 1.29 is 0 Å². The third-order valence-corrected chi connectivity index (χ3v) is 6.55. The molecule has 0 aromatic carbocycles. The number of pyridine rings is 2. The SMILES string of the molecule is Cc1cc([C@H]2[C@@H](c3ccccn3)NC(=S)N2CCCN(C)C)c(C)n1Cc1cccnc1. The number of nitrogens with zero attached hydrogens (tertiary/aromatic N) is 5. The number of aryl methyl sites for hydroxylation is 1. The maximum absolute atomic E-state index is 5.82. The maximum Gasteiger partial charge on any atom is 0.170 e. The minimum Gasteiger partial charge on any atom is -0.352 e. The van der Waals surface area contributed by atoms with Gasteiger partial charge < -0.3 is 19.7 Å². The summed E-state index contributed by atoms with van der Waals surface area (Å²) in [6, 6.07) is 12.7. The Morgan fingerprint density at radius 3 is 2.66 bits per heavy atom. The molecule has 4 heterocycles. The van der Waals surface area contributed by atoms with Crippen molar-refractivity contribution in [3.63, 3.8) is 0 Å². The molecule has 0 bridgehead atoms. The Bertz CT molecular complexity index is 1050. The first kappa shape index (κ1) is 22.4. The molecule has 32 heavy (non-hydrogen) atoms. The molecular weight excluding hydrogens is 416 g/mol. The van der Waals surface area contributed by atoms with Gasteiger partial charge in [0.05, 0.1) is 17.8 Å². The van der Waals surface area contributed by atoms with Gasteiger partial charge >= 0.3 is 0 Å². The van der Waals surface area contributed by atoms with Crippen LogP contribution in [0.2, 0.25) is 0 Å². The lowest BCUT2D eigenvalue weighted by Crippen LogP contribution is -2.32. The molecule has 168 valence electrons. The monoisotopic (exact) mass is 448 g/mol. The van der Waals surface area contributed by atoms with Crippen molar-refractivity contribution >= 4 is 17.3 Å². The van der Waals surface area contributed by atoms with Gasteiger partial charge in [-0.15, -0.1) is 0 Å². The minimum atomic E-state index is 0.0235. The lowest BCUT2D eigenvalue weighted by Gasteiger charge is -2.28. The van der Waals surface area contributed by atoms with Crippen molar-refractivity contribution in [2.45, 2.75) is 38.9 Å². The van der Waals surface area contributed by atoms with Crippen molar-refractivity contribution in [3.8, 4) is 0 Å². The van der Waals surface area contributed by atoms with Crippen molar-refractivity contribution in [1.29, 1.82) is 0 Å². The van der Waals surface area contributed by atoms with Crippen LogP contribution in [0.4, 0.5) is 0 Å². The van der Waals surface area contributed by atoms with E-state index < -0.39 is 0 Å². The molecule has 0 spiro atoms. The van der Waals surface area contributed by atoms with Crippen LogP contribution in [0.25, 0.3) is 0 Å². The van der Waals surface area contributed by atoms with Gasteiger partial charge in [0.15, 0.2) is 5.11 Å². The molecule has 1 saturated heterocycles. The molecule has 0 aliphatic carbocycles. The molecule has 7 heteroatoms. The Kier molecular flexibility index (Phi) is 6.86. The average Bonchev–Trinajstić information content (AvgIpc) is 3.25. The first-order chi connectivity index (χ1) is 15.5. The zero-order valence-electron chi connectivity index (χ0n) is 19.3. The highest BCUT2D eigenvalue weighted by Gasteiger charge is 2.41. The molecule has 3 aromatic rings. The van der Waals surface area contributed by atoms with Gasteiger partial charge in [-0.1, -0.05) is 12.1 Å². The molecule has 0 amide bonds. The third-order valence-electron chi connectivity index (χ3n) is 6.20. The molecule has 0 saturated carbocycles. The van der Waals surface area contributed by atoms with Crippen LogP contribution in [0, 0.1) is 13.8 Å². The standard InChI is InChI=1S/C25H32N6S/c1-18-15-21(19(2)31(18)17-20-9-7-11-26-16-20)24-23(22-10-5-6-12-27-22)28-25(32)30(24)14-8-13-29(3)4/h5-7,9-12,15-16,23-24H,8,13-14,17H2,1-4H3,(H,28,32)/t23-,24+/m1/s1. The summed E-state index contributed by atoms with van der Waals surface area (Å²) >= 11 is 5.82. The predicted octanol–water partition coefficient (Wildman–Crippen LogP) is 3.87. The second-order valence-electron chi connectivity index (χ2n) is 8.75. The van der Waals surface area contributed by atoms with Crippen LogP contribution in [0.5, 0.6) is 0 Å². The zero-order chi connectivity index (χ0) is 22.7. The number of thiocarbonyl (C=S) groups is 1. The summed E-state index contributed by atoms with van der Waals surface area (Å²) in [4.78, 5) is 13.5. The Morgan fingerprint density at radius 1 is 1.12 bits per heavy atom. The first-order valence-electron chi connectivity index (χ1n) is 11.1. The van der Waals surface area contributed by atoms with Crippen molar-refractivity contribution in [1.82, 2.24) is 29.7 Å². The van der Waals surface area contributed by atoms with E-state index in [9.17, 15) is 0 Å². The van der Waals surface area contributed by atoms with Gasteiger partial charge in [-0.3, -0.25) is 9.97 Å². The molecule has 1 N–H and O–H groups in total. The zero-order valence-corrected chi connectivity index (χ0v) is 20.1. The Labute approximate surface area is 196 Å². The van der Waals surface area contributed by atoms with Gasteiger partial charge in [-0.05, 0) is 88.5 Å². The van der Waals surface area contributed by atoms with E-state index in [1.54, 1.807) is 0 Å². The molecule has 1 aliphatic heterocycles. The van der Waals surface area contributed by atoms with Crippen LogP contribution < -0.4 is 5.32 Å². The van der Waals surface area contributed by atoms with Crippen LogP contribution in [-0.2, 0) is 6.54 Å². The van der Waals surface area contributed by atoms with Gasteiger partial charge in [-0.25, -0.2) is 0 Å². The summed E-state index contributed by atoms with van der Waals surface area (Å²) in [5.41, 5.74) is 6.03. The molecule has 2 atom stereocenters. The number of hydrogen-bond donors (Lipinski definition) is 1. The fourth-order valence-electron chi connectivity index (χ4n) is 4.59. The predicted molar refractivity (Wildman–Crippen MR) is 133 cm³/mol. The topological polar surface area (TPSA) is 49.2 Å². The summed E-state index contributed by atoms with van der Waals surface area (Å²) in [6.45, 7) is 7.14. The molecule has 0 radical (unpaired) electrons. The van der Waals surface area contributed by atoms with E-state index in [2.05, 4.69) is 75.8 Å². The third kappa shape index (κ3) is 4.69. The van der Waals surface area contributed by atoms with Crippen LogP contribution in [0.1, 0.15) is 46.7 Å². The lowest BCUT2D eigenvalue weighted by molar-refractivity contribution is 0.292. The van der Waals surface area contributed by atoms with Crippen LogP contribution in [-0.4, -0.2) is 56.6 Å². The number of aromatic nitrogens is 3. The van der Waals surface area contributed by atoms with Gasteiger partial charge in [0, 0.05) is 43.1 Å². The Balaban J connectivity index is 1.70. The molecule has 4 rings (SSSR count). The van der Waals surface area contributed by atoms with Crippen LogP contribution in [0.15, 0.2) is 55.0 Å². The lowest BCUT2D eigenvalue weighted by atomic mass is 9.96. The largest absolute Gasteiger partial charge is 0.352 e. The minimum absolute atomic E-state index is 0.0235. The summed E-state index contributed by atoms with van der Waals surface area (Å²) in [7, 11) is 4.22. The van der Waals surface area contributed by atoms with Gasteiger partial charge in [-0.2, -0.15) is 0 Å². The number of nitrogens with one attached hydrogen (secondary N) is 1. The highest BCUT2D eigenvalue weighted by Crippen LogP contribution is 2.40. The highest BCUT2D eigenvalue weighted by molar-refractivity contribution is 7.80. The Hall–Kier alpha value is -2.77. The van der Waals surface area contributed by atoms with Crippen LogP contribution >= 0.6 is 12.2 Å². The van der Waals surface area contributed by atoms with Crippen molar-refractivity contribution in [2.24, 2.45) is 0 Å². The van der Waals surface area contributed by atoms with Crippen LogP contribution in [0.3, 0.4) is 0 Å². The van der Waals surface area contributed by atoms with Gasteiger partial charge in [0.25, 0.3) is 0 Å². The average molecular weight is 449 g/mol. The Morgan fingerprint density at radius 2 is 1.97 bits per heavy atom. The number of hydrogen-bond acceptors (Lipinski definition) is 4.